The van der Waals surface area contributed by atoms with Crippen LogP contribution in [0.3, 0.4) is 0 Å². The fourth-order valence-electron chi connectivity index (χ4n) is 3.48. The number of aryl methyl sites for hydroxylation is 1. The summed E-state index contributed by atoms with van der Waals surface area (Å²) in [5.41, 5.74) is 1.91. The molecule has 3 aromatic heterocycles. The van der Waals surface area contributed by atoms with Gasteiger partial charge in [0.25, 0.3) is 5.91 Å². The molecule has 0 bridgehead atoms. The Labute approximate surface area is 176 Å². The van der Waals surface area contributed by atoms with Crippen molar-refractivity contribution in [1.82, 2.24) is 30.7 Å². The topological polar surface area (TPSA) is 119 Å². The minimum Gasteiger partial charge on any atom is -0.448 e. The van der Waals surface area contributed by atoms with Gasteiger partial charge in [-0.15, -0.1) is 20.4 Å². The number of benzene rings is 1. The molecule has 1 fully saturated rings. The molecule has 1 amide bonds. The van der Waals surface area contributed by atoms with Crippen molar-refractivity contribution in [3.05, 3.63) is 47.1 Å². The molecule has 0 unspecified atom stereocenters. The Kier molecular flexibility index (Phi) is 4.93. The van der Waals surface area contributed by atoms with Crippen LogP contribution in [0.5, 0.6) is 0 Å². The number of nitrogens with zero attached hydrogens (tertiary/aromatic N) is 5. The SMILES string of the molecule is Cc1nnc(-c2ccc3nnc(NC(=O)c4coc(C5CCNCC5)n4)cc3c2)s1. The van der Waals surface area contributed by atoms with Gasteiger partial charge < -0.3 is 15.1 Å². The highest BCUT2D eigenvalue weighted by atomic mass is 32.1. The Balaban J connectivity index is 1.35. The molecule has 1 aromatic carbocycles. The van der Waals surface area contributed by atoms with Gasteiger partial charge in [-0.1, -0.05) is 11.3 Å². The van der Waals surface area contributed by atoms with Crippen LogP contribution in [0.25, 0.3) is 21.5 Å². The molecular weight excluding hydrogens is 402 g/mol. The van der Waals surface area contributed by atoms with E-state index >= 15 is 0 Å². The van der Waals surface area contributed by atoms with Gasteiger partial charge >= 0.3 is 0 Å². The van der Waals surface area contributed by atoms with Crippen molar-refractivity contribution in [2.24, 2.45) is 0 Å². The van der Waals surface area contributed by atoms with Crippen LogP contribution in [-0.4, -0.2) is 44.4 Å². The van der Waals surface area contributed by atoms with E-state index in [1.54, 1.807) is 6.07 Å². The van der Waals surface area contributed by atoms with Crippen LogP contribution in [-0.2, 0) is 0 Å². The molecule has 9 nitrogen and oxygen atoms in total. The highest BCUT2D eigenvalue weighted by Crippen LogP contribution is 2.27. The molecule has 1 aliphatic rings. The number of oxazole rings is 1. The molecule has 10 heteroatoms. The molecule has 1 aliphatic heterocycles. The van der Waals surface area contributed by atoms with Crippen molar-refractivity contribution in [2.75, 3.05) is 18.4 Å². The number of piperidine rings is 1. The highest BCUT2D eigenvalue weighted by molar-refractivity contribution is 7.14. The highest BCUT2D eigenvalue weighted by Gasteiger charge is 2.22. The predicted octanol–water partition coefficient (Wildman–Crippen LogP) is 3.16. The minimum absolute atomic E-state index is 0.239. The minimum atomic E-state index is -0.372. The third-order valence-corrected chi connectivity index (χ3v) is 5.93. The second-order valence-corrected chi connectivity index (χ2v) is 8.36. The van der Waals surface area contributed by atoms with E-state index in [1.807, 2.05) is 25.1 Å². The van der Waals surface area contributed by atoms with Crippen LogP contribution in [0.15, 0.2) is 34.9 Å². The molecular formula is C20H19N7O2S. The van der Waals surface area contributed by atoms with Gasteiger partial charge in [-0.3, -0.25) is 4.79 Å². The van der Waals surface area contributed by atoms with E-state index in [0.717, 1.165) is 52.4 Å². The normalized spacial score (nSPS) is 14.8. The molecule has 4 heterocycles. The van der Waals surface area contributed by atoms with Crippen molar-refractivity contribution in [2.45, 2.75) is 25.7 Å². The van der Waals surface area contributed by atoms with Crippen LogP contribution in [0, 0.1) is 6.92 Å². The summed E-state index contributed by atoms with van der Waals surface area (Å²) in [4.78, 5) is 17.0. The fourth-order valence-corrected chi connectivity index (χ4v) is 4.17. The van der Waals surface area contributed by atoms with Crippen LogP contribution in [0.1, 0.15) is 40.1 Å². The lowest BCUT2D eigenvalue weighted by atomic mass is 9.98. The number of aromatic nitrogens is 5. The van der Waals surface area contributed by atoms with Crippen LogP contribution < -0.4 is 10.6 Å². The lowest BCUT2D eigenvalue weighted by molar-refractivity contribution is 0.102. The van der Waals surface area contributed by atoms with E-state index in [4.69, 9.17) is 4.42 Å². The number of hydrogen-bond acceptors (Lipinski definition) is 9. The number of fused-ring (bicyclic) bond motifs is 1. The molecule has 30 heavy (non-hydrogen) atoms. The maximum Gasteiger partial charge on any atom is 0.278 e. The molecule has 0 saturated carbocycles. The number of hydrogen-bond donors (Lipinski definition) is 2. The average molecular weight is 421 g/mol. The predicted molar refractivity (Wildman–Crippen MR) is 112 cm³/mol. The van der Waals surface area contributed by atoms with E-state index in [2.05, 4.69) is 36.0 Å². The van der Waals surface area contributed by atoms with Gasteiger partial charge in [0.1, 0.15) is 16.3 Å². The molecule has 4 aromatic rings. The van der Waals surface area contributed by atoms with E-state index in [9.17, 15) is 4.79 Å². The Hall–Kier alpha value is -3.24. The Morgan fingerprint density at radius 3 is 2.83 bits per heavy atom. The monoisotopic (exact) mass is 421 g/mol. The number of amides is 1. The number of anilines is 1. The quantitative estimate of drug-likeness (QED) is 0.516. The van der Waals surface area contributed by atoms with Gasteiger partial charge in [0.05, 0.1) is 5.52 Å². The number of nitrogens with one attached hydrogen (secondary N) is 2. The Morgan fingerprint density at radius 2 is 2.03 bits per heavy atom. The molecule has 0 atom stereocenters. The fraction of sp³-hybridized carbons (Fsp3) is 0.300. The largest absolute Gasteiger partial charge is 0.448 e. The molecule has 1 saturated heterocycles. The summed E-state index contributed by atoms with van der Waals surface area (Å²) in [6, 6.07) is 7.56. The van der Waals surface area contributed by atoms with E-state index in [0.29, 0.717) is 11.7 Å². The summed E-state index contributed by atoms with van der Waals surface area (Å²) >= 11 is 1.52. The summed E-state index contributed by atoms with van der Waals surface area (Å²) in [5.74, 6) is 0.840. The standard InChI is InChI=1S/C20H19N7O2S/c1-11-24-27-20(30-11)13-2-3-15-14(8-13)9-17(26-25-15)23-18(28)16-10-29-19(22-16)12-4-6-21-7-5-12/h2-3,8-10,12,21H,4-7H2,1H3,(H,23,26,28). The number of rotatable bonds is 4. The zero-order valence-corrected chi connectivity index (χ0v) is 17.1. The van der Waals surface area contributed by atoms with Gasteiger partial charge in [0, 0.05) is 16.9 Å². The molecule has 2 N–H and O–H groups in total. The third-order valence-electron chi connectivity index (χ3n) is 5.04. The van der Waals surface area contributed by atoms with Crippen molar-refractivity contribution < 1.29 is 9.21 Å². The van der Waals surface area contributed by atoms with Crippen LogP contribution in [0.2, 0.25) is 0 Å². The van der Waals surface area contributed by atoms with E-state index in [-0.39, 0.29) is 17.5 Å². The van der Waals surface area contributed by atoms with Gasteiger partial charge in [0.15, 0.2) is 17.4 Å². The maximum atomic E-state index is 12.6. The summed E-state index contributed by atoms with van der Waals surface area (Å²) in [7, 11) is 0. The van der Waals surface area contributed by atoms with Crippen molar-refractivity contribution in [1.29, 1.82) is 0 Å². The van der Waals surface area contributed by atoms with Crippen LogP contribution in [0.4, 0.5) is 5.82 Å². The Morgan fingerprint density at radius 1 is 1.17 bits per heavy atom. The average Bonchev–Trinajstić information content (AvgIpc) is 3.43. The number of carbonyl (C=O) groups excluding carboxylic acids is 1. The molecule has 0 radical (unpaired) electrons. The summed E-state index contributed by atoms with van der Waals surface area (Å²) in [5, 5.41) is 25.2. The van der Waals surface area contributed by atoms with Crippen LogP contribution >= 0.6 is 11.3 Å². The first-order chi connectivity index (χ1) is 14.7. The summed E-state index contributed by atoms with van der Waals surface area (Å²) in [6.45, 7) is 3.78. The zero-order chi connectivity index (χ0) is 20.5. The van der Waals surface area contributed by atoms with Crippen molar-refractivity contribution in [3.8, 4) is 10.6 Å². The second-order valence-electron chi connectivity index (χ2n) is 7.18. The molecule has 5 rings (SSSR count). The lowest BCUT2D eigenvalue weighted by Crippen LogP contribution is -2.26. The molecule has 152 valence electrons. The summed E-state index contributed by atoms with van der Waals surface area (Å²) < 4.78 is 5.55. The van der Waals surface area contributed by atoms with Gasteiger partial charge in [-0.25, -0.2) is 4.98 Å². The number of carbonyl (C=O) groups is 1. The Bertz CT molecular complexity index is 1210. The van der Waals surface area contributed by atoms with Crippen molar-refractivity contribution >= 4 is 34.0 Å². The molecule has 0 spiro atoms. The first kappa shape index (κ1) is 18.8. The lowest BCUT2D eigenvalue weighted by Gasteiger charge is -2.19. The smallest absolute Gasteiger partial charge is 0.278 e. The summed E-state index contributed by atoms with van der Waals surface area (Å²) in [6.07, 6.45) is 3.31. The van der Waals surface area contributed by atoms with E-state index < -0.39 is 0 Å². The van der Waals surface area contributed by atoms with Gasteiger partial charge in [-0.05, 0) is 57.1 Å². The van der Waals surface area contributed by atoms with Crippen molar-refractivity contribution in [3.63, 3.8) is 0 Å². The molecule has 0 aliphatic carbocycles. The maximum absolute atomic E-state index is 12.6. The zero-order valence-electron chi connectivity index (χ0n) is 16.3. The second kappa shape index (κ2) is 7.88. The van der Waals surface area contributed by atoms with Gasteiger partial charge in [-0.2, -0.15) is 0 Å². The first-order valence-corrected chi connectivity index (χ1v) is 10.5. The van der Waals surface area contributed by atoms with E-state index in [1.165, 1.54) is 17.6 Å². The van der Waals surface area contributed by atoms with Gasteiger partial charge in [0.2, 0.25) is 0 Å². The third kappa shape index (κ3) is 3.79. The first-order valence-electron chi connectivity index (χ1n) is 9.71.